The minimum absolute atomic E-state index is 0.0504. The van der Waals surface area contributed by atoms with Gasteiger partial charge < -0.3 is 9.64 Å². The Labute approximate surface area is 161 Å². The fourth-order valence-corrected chi connectivity index (χ4v) is 3.15. The molecule has 0 saturated heterocycles. The summed E-state index contributed by atoms with van der Waals surface area (Å²) in [6, 6.07) is 26.1. The number of hydrogen-bond acceptors (Lipinski definition) is 2. The van der Waals surface area contributed by atoms with Crippen molar-refractivity contribution in [3.8, 4) is 5.75 Å². The topological polar surface area (TPSA) is 29.5 Å². The van der Waals surface area contributed by atoms with Gasteiger partial charge in [0.25, 0.3) is 5.91 Å². The Morgan fingerprint density at radius 3 is 2.19 bits per heavy atom. The monoisotopic (exact) mass is 359 g/mol. The van der Waals surface area contributed by atoms with E-state index in [9.17, 15) is 4.79 Å². The molecule has 0 bridgehead atoms. The van der Waals surface area contributed by atoms with Gasteiger partial charge in [0.05, 0.1) is 7.11 Å². The molecule has 0 radical (unpaired) electrons. The van der Waals surface area contributed by atoms with Crippen LogP contribution < -0.4 is 4.74 Å². The first kappa shape index (κ1) is 18.7. The fourth-order valence-electron chi connectivity index (χ4n) is 3.15. The van der Waals surface area contributed by atoms with E-state index in [0.29, 0.717) is 6.54 Å². The summed E-state index contributed by atoms with van der Waals surface area (Å²) >= 11 is 0. The molecule has 0 aliphatic carbocycles. The van der Waals surface area contributed by atoms with Crippen molar-refractivity contribution in [1.29, 1.82) is 0 Å². The number of aryl methyl sites for hydroxylation is 2. The Bertz CT molecular complexity index is 872. The molecule has 0 aliphatic heterocycles. The van der Waals surface area contributed by atoms with E-state index in [4.69, 9.17) is 4.74 Å². The number of methoxy groups -OCH3 is 1. The molecular weight excluding hydrogens is 334 g/mol. The summed E-state index contributed by atoms with van der Waals surface area (Å²) in [5.41, 5.74) is 4.23. The first-order valence-electron chi connectivity index (χ1n) is 9.17. The molecule has 0 heterocycles. The van der Waals surface area contributed by atoms with Gasteiger partial charge in [0, 0.05) is 19.2 Å². The highest BCUT2D eigenvalue weighted by Crippen LogP contribution is 2.17. The highest BCUT2D eigenvalue weighted by molar-refractivity contribution is 5.95. The van der Waals surface area contributed by atoms with Gasteiger partial charge in [-0.15, -0.1) is 0 Å². The molecule has 3 nitrogen and oxygen atoms in total. The number of benzene rings is 3. The number of ether oxygens (including phenoxy) is 1. The van der Waals surface area contributed by atoms with Crippen LogP contribution in [0.5, 0.6) is 5.75 Å². The van der Waals surface area contributed by atoms with Crippen LogP contribution >= 0.6 is 0 Å². The Kier molecular flexibility index (Phi) is 6.26. The highest BCUT2D eigenvalue weighted by Gasteiger charge is 2.15. The Hall–Kier alpha value is -3.07. The van der Waals surface area contributed by atoms with E-state index in [1.54, 1.807) is 12.0 Å². The van der Waals surface area contributed by atoms with E-state index >= 15 is 0 Å². The first-order chi connectivity index (χ1) is 13.2. The zero-order chi connectivity index (χ0) is 19.1. The molecule has 3 aromatic carbocycles. The summed E-state index contributed by atoms with van der Waals surface area (Å²) in [4.78, 5) is 14.8. The normalized spacial score (nSPS) is 10.4. The van der Waals surface area contributed by atoms with Crippen LogP contribution in [0.3, 0.4) is 0 Å². The summed E-state index contributed by atoms with van der Waals surface area (Å²) < 4.78 is 5.19. The fraction of sp³-hybridized carbons (Fsp3) is 0.208. The molecule has 0 N–H and O–H groups in total. The minimum Gasteiger partial charge on any atom is -0.497 e. The van der Waals surface area contributed by atoms with Crippen molar-refractivity contribution in [2.24, 2.45) is 0 Å². The van der Waals surface area contributed by atoms with Crippen molar-refractivity contribution in [3.63, 3.8) is 0 Å². The minimum atomic E-state index is 0.0504. The van der Waals surface area contributed by atoms with Crippen LogP contribution in [0.15, 0.2) is 78.9 Å². The average Bonchev–Trinajstić information content (AvgIpc) is 2.73. The predicted molar refractivity (Wildman–Crippen MR) is 109 cm³/mol. The Balaban J connectivity index is 1.69. The van der Waals surface area contributed by atoms with E-state index in [1.165, 1.54) is 5.56 Å². The largest absolute Gasteiger partial charge is 0.497 e. The summed E-state index contributed by atoms with van der Waals surface area (Å²) in [5.74, 6) is 0.869. The zero-order valence-corrected chi connectivity index (χ0v) is 15.9. The van der Waals surface area contributed by atoms with Gasteiger partial charge in [-0.05, 0) is 47.7 Å². The van der Waals surface area contributed by atoms with Crippen LogP contribution in [-0.4, -0.2) is 25.0 Å². The average molecular weight is 359 g/mol. The van der Waals surface area contributed by atoms with Crippen LogP contribution in [0.4, 0.5) is 0 Å². The highest BCUT2D eigenvalue weighted by atomic mass is 16.5. The lowest BCUT2D eigenvalue weighted by Gasteiger charge is -2.19. The standard InChI is InChI=1S/C24H25NO2/c1-25(18-20-13-16-22(27-2)17-14-20)24(26)23-11-7-6-10-21(23)15-12-19-8-4-3-5-9-19/h3-11,13-14,16-17H,12,15,18H2,1-2H3. The maximum atomic E-state index is 13.0. The second-order valence-electron chi connectivity index (χ2n) is 6.65. The van der Waals surface area contributed by atoms with Gasteiger partial charge in [0.15, 0.2) is 0 Å². The molecule has 138 valence electrons. The molecule has 0 unspecified atom stereocenters. The number of rotatable bonds is 7. The van der Waals surface area contributed by atoms with Crippen LogP contribution in [0.25, 0.3) is 0 Å². The maximum absolute atomic E-state index is 13.0. The van der Waals surface area contributed by atoms with Crippen molar-refractivity contribution < 1.29 is 9.53 Å². The van der Waals surface area contributed by atoms with E-state index in [-0.39, 0.29) is 5.91 Å². The third kappa shape index (κ3) is 4.98. The zero-order valence-electron chi connectivity index (χ0n) is 15.9. The number of amides is 1. The first-order valence-corrected chi connectivity index (χ1v) is 9.17. The number of carbonyl (C=O) groups is 1. The van der Waals surface area contributed by atoms with Crippen molar-refractivity contribution in [2.75, 3.05) is 14.2 Å². The van der Waals surface area contributed by atoms with Gasteiger partial charge >= 0.3 is 0 Å². The van der Waals surface area contributed by atoms with E-state index < -0.39 is 0 Å². The summed E-state index contributed by atoms with van der Waals surface area (Å²) in [6.45, 7) is 0.565. The molecule has 0 fully saturated rings. The maximum Gasteiger partial charge on any atom is 0.254 e. The molecule has 0 saturated carbocycles. The van der Waals surface area contributed by atoms with Gasteiger partial charge in [-0.3, -0.25) is 4.79 Å². The van der Waals surface area contributed by atoms with Crippen LogP contribution in [-0.2, 0) is 19.4 Å². The van der Waals surface area contributed by atoms with Crippen molar-refractivity contribution in [1.82, 2.24) is 4.90 Å². The third-order valence-corrected chi connectivity index (χ3v) is 4.70. The molecule has 3 heteroatoms. The van der Waals surface area contributed by atoms with Gasteiger partial charge in [0.2, 0.25) is 0 Å². The number of hydrogen-bond donors (Lipinski definition) is 0. The smallest absolute Gasteiger partial charge is 0.254 e. The SMILES string of the molecule is COc1ccc(CN(C)C(=O)c2ccccc2CCc2ccccc2)cc1. The van der Waals surface area contributed by atoms with Crippen LogP contribution in [0.2, 0.25) is 0 Å². The van der Waals surface area contributed by atoms with E-state index in [1.807, 2.05) is 55.6 Å². The summed E-state index contributed by atoms with van der Waals surface area (Å²) in [5, 5.41) is 0. The lowest BCUT2D eigenvalue weighted by atomic mass is 9.99. The molecule has 0 aliphatic rings. The van der Waals surface area contributed by atoms with E-state index in [0.717, 1.165) is 35.3 Å². The predicted octanol–water partition coefficient (Wildman–Crippen LogP) is 4.75. The molecule has 0 atom stereocenters. The molecule has 0 aromatic heterocycles. The molecular formula is C24H25NO2. The second kappa shape index (κ2) is 9.04. The Morgan fingerprint density at radius 1 is 0.815 bits per heavy atom. The molecule has 27 heavy (non-hydrogen) atoms. The van der Waals surface area contributed by atoms with Crippen molar-refractivity contribution in [2.45, 2.75) is 19.4 Å². The lowest BCUT2D eigenvalue weighted by Crippen LogP contribution is -2.27. The molecule has 1 amide bonds. The van der Waals surface area contributed by atoms with Crippen molar-refractivity contribution in [3.05, 3.63) is 101 Å². The Morgan fingerprint density at radius 2 is 1.48 bits per heavy atom. The number of nitrogens with zero attached hydrogens (tertiary/aromatic N) is 1. The van der Waals surface area contributed by atoms with Crippen molar-refractivity contribution >= 4 is 5.91 Å². The summed E-state index contributed by atoms with van der Waals surface area (Å²) in [7, 11) is 3.50. The third-order valence-electron chi connectivity index (χ3n) is 4.70. The van der Waals surface area contributed by atoms with Gasteiger partial charge in [0.1, 0.15) is 5.75 Å². The molecule has 0 spiro atoms. The quantitative estimate of drug-likeness (QED) is 0.609. The van der Waals surface area contributed by atoms with Crippen LogP contribution in [0.1, 0.15) is 27.0 Å². The van der Waals surface area contributed by atoms with Gasteiger partial charge in [-0.2, -0.15) is 0 Å². The van der Waals surface area contributed by atoms with E-state index in [2.05, 4.69) is 30.3 Å². The lowest BCUT2D eigenvalue weighted by molar-refractivity contribution is 0.0784. The van der Waals surface area contributed by atoms with Gasteiger partial charge in [-0.1, -0.05) is 60.7 Å². The van der Waals surface area contributed by atoms with Gasteiger partial charge in [-0.25, -0.2) is 0 Å². The van der Waals surface area contributed by atoms with Crippen LogP contribution in [0, 0.1) is 0 Å². The second-order valence-corrected chi connectivity index (χ2v) is 6.65. The molecule has 3 rings (SSSR count). The number of carbonyl (C=O) groups excluding carboxylic acids is 1. The molecule has 3 aromatic rings. The summed E-state index contributed by atoms with van der Waals surface area (Å²) in [6.07, 6.45) is 1.77.